The minimum atomic E-state index is -4.11. The summed E-state index contributed by atoms with van der Waals surface area (Å²) in [5.74, 6) is -1.05. The molecule has 9 heteroatoms. The number of halogens is 1. The summed E-state index contributed by atoms with van der Waals surface area (Å²) in [5, 5.41) is 4.90. The lowest BCUT2D eigenvalue weighted by Gasteiger charge is -2.18. The maximum Gasteiger partial charge on any atom is 0.238 e. The van der Waals surface area contributed by atoms with Gasteiger partial charge in [-0.15, -0.1) is 0 Å². The van der Waals surface area contributed by atoms with Crippen LogP contribution in [0.4, 0.5) is 10.1 Å². The van der Waals surface area contributed by atoms with E-state index in [4.69, 9.17) is 5.14 Å². The Morgan fingerprint density at radius 2 is 1.71 bits per heavy atom. The average Bonchev–Trinajstić information content (AvgIpc) is 2.23. The molecule has 1 aromatic carbocycles. The van der Waals surface area contributed by atoms with Crippen LogP contribution < -0.4 is 9.86 Å². The first-order valence-corrected chi connectivity index (χ1v) is 9.32. The van der Waals surface area contributed by atoms with Gasteiger partial charge in [0.25, 0.3) is 0 Å². The fraction of sp³-hybridized carbons (Fsp3) is 0.500. The Morgan fingerprint density at radius 3 is 2.19 bits per heavy atom. The van der Waals surface area contributed by atoms with Crippen LogP contribution in [0, 0.1) is 11.2 Å². The molecule has 6 nitrogen and oxygen atoms in total. The Labute approximate surface area is 124 Å². The summed E-state index contributed by atoms with van der Waals surface area (Å²) < 4.78 is 61.7. The van der Waals surface area contributed by atoms with Crippen molar-refractivity contribution in [2.45, 2.75) is 32.1 Å². The molecular formula is C12H19FN2O4S2. The third-order valence-corrected chi connectivity index (χ3v) is 4.78. The van der Waals surface area contributed by atoms with Crippen molar-refractivity contribution in [2.24, 2.45) is 10.6 Å². The normalized spacial score (nSPS) is 13.2. The molecule has 0 saturated heterocycles. The Balaban J connectivity index is 3.00. The molecule has 0 aromatic heterocycles. The number of nitrogens with one attached hydrogen (secondary N) is 1. The topological polar surface area (TPSA) is 106 Å². The summed E-state index contributed by atoms with van der Waals surface area (Å²) in [6, 6.07) is 2.60. The molecule has 0 saturated carbocycles. The Hall–Kier alpha value is -1.19. The molecule has 0 aliphatic rings. The van der Waals surface area contributed by atoms with Crippen LogP contribution in [-0.4, -0.2) is 22.6 Å². The molecule has 0 heterocycles. The first-order chi connectivity index (χ1) is 9.28. The molecular weight excluding hydrogens is 319 g/mol. The van der Waals surface area contributed by atoms with Gasteiger partial charge in [0.2, 0.25) is 20.0 Å². The lowest BCUT2D eigenvalue weighted by molar-refractivity contribution is 0.397. The number of primary sulfonamides is 1. The fourth-order valence-electron chi connectivity index (χ4n) is 1.46. The Bertz CT molecular complexity index is 722. The van der Waals surface area contributed by atoms with E-state index in [-0.39, 0.29) is 16.9 Å². The summed E-state index contributed by atoms with van der Waals surface area (Å²) in [5.41, 5.74) is -0.351. The van der Waals surface area contributed by atoms with Crippen LogP contribution in [0.2, 0.25) is 0 Å². The second-order valence-corrected chi connectivity index (χ2v) is 9.36. The molecule has 1 aromatic rings. The van der Waals surface area contributed by atoms with E-state index in [0.29, 0.717) is 6.42 Å². The Morgan fingerprint density at radius 1 is 1.14 bits per heavy atom. The number of rotatable bonds is 5. The first kappa shape index (κ1) is 17.9. The minimum absolute atomic E-state index is 0.155. The quantitative estimate of drug-likeness (QED) is 0.851. The molecule has 0 aliphatic carbocycles. The standard InChI is InChI=1S/C12H19FN2O4S2/c1-12(2,3)4-5-20(16,17)15-10-6-9(13)7-11(8-10)21(14,18)19/h6-8,15H,4-5H2,1-3H3,(H2,14,18,19). The van der Waals surface area contributed by atoms with Crippen molar-refractivity contribution in [3.05, 3.63) is 24.0 Å². The van der Waals surface area contributed by atoms with E-state index in [2.05, 4.69) is 4.72 Å². The Kier molecular flexibility index (Phi) is 5.01. The van der Waals surface area contributed by atoms with Gasteiger partial charge in [-0.3, -0.25) is 4.72 Å². The molecule has 0 fully saturated rings. The summed E-state index contributed by atoms with van der Waals surface area (Å²) >= 11 is 0. The maximum atomic E-state index is 13.4. The monoisotopic (exact) mass is 338 g/mol. The van der Waals surface area contributed by atoms with Crippen molar-refractivity contribution in [3.8, 4) is 0 Å². The zero-order chi connectivity index (χ0) is 16.5. The number of anilines is 1. The second kappa shape index (κ2) is 5.90. The molecule has 0 aliphatic heterocycles. The van der Waals surface area contributed by atoms with Gasteiger partial charge < -0.3 is 0 Å². The van der Waals surface area contributed by atoms with Crippen molar-refractivity contribution >= 4 is 25.7 Å². The lowest BCUT2D eigenvalue weighted by atomic mass is 9.94. The van der Waals surface area contributed by atoms with Crippen LogP contribution in [0.5, 0.6) is 0 Å². The number of benzene rings is 1. The molecule has 120 valence electrons. The van der Waals surface area contributed by atoms with Crippen molar-refractivity contribution in [1.29, 1.82) is 0 Å². The zero-order valence-electron chi connectivity index (χ0n) is 12.1. The van der Waals surface area contributed by atoms with Gasteiger partial charge in [0.1, 0.15) is 5.82 Å². The zero-order valence-corrected chi connectivity index (χ0v) is 13.7. The van der Waals surface area contributed by atoms with Crippen LogP contribution >= 0.6 is 0 Å². The number of hydrogen-bond acceptors (Lipinski definition) is 4. The third kappa shape index (κ3) is 6.40. The number of nitrogens with two attached hydrogens (primary N) is 1. The van der Waals surface area contributed by atoms with E-state index in [1.807, 2.05) is 20.8 Å². The molecule has 0 radical (unpaired) electrons. The van der Waals surface area contributed by atoms with Crippen LogP contribution in [0.25, 0.3) is 0 Å². The van der Waals surface area contributed by atoms with Crippen molar-refractivity contribution in [3.63, 3.8) is 0 Å². The summed E-state index contributed by atoms with van der Waals surface area (Å²) in [6.07, 6.45) is 0.402. The molecule has 21 heavy (non-hydrogen) atoms. The van der Waals surface area contributed by atoms with Gasteiger partial charge >= 0.3 is 0 Å². The highest BCUT2D eigenvalue weighted by molar-refractivity contribution is 7.92. The van der Waals surface area contributed by atoms with Gasteiger partial charge in [-0.25, -0.2) is 26.4 Å². The minimum Gasteiger partial charge on any atom is -0.283 e. The van der Waals surface area contributed by atoms with Gasteiger partial charge in [0, 0.05) is 0 Å². The van der Waals surface area contributed by atoms with Crippen LogP contribution in [-0.2, 0) is 20.0 Å². The highest BCUT2D eigenvalue weighted by Crippen LogP contribution is 2.22. The van der Waals surface area contributed by atoms with E-state index in [0.717, 1.165) is 18.2 Å². The SMILES string of the molecule is CC(C)(C)CCS(=O)(=O)Nc1cc(F)cc(S(N)(=O)=O)c1. The summed E-state index contributed by atoms with van der Waals surface area (Å²) in [7, 11) is -7.81. The largest absolute Gasteiger partial charge is 0.283 e. The highest BCUT2D eigenvalue weighted by atomic mass is 32.2. The highest BCUT2D eigenvalue weighted by Gasteiger charge is 2.19. The summed E-state index contributed by atoms with van der Waals surface area (Å²) in [6.45, 7) is 5.68. The van der Waals surface area contributed by atoms with Crippen LogP contribution in [0.1, 0.15) is 27.2 Å². The molecule has 3 N–H and O–H groups in total. The number of hydrogen-bond donors (Lipinski definition) is 2. The predicted octanol–water partition coefficient (Wildman–Crippen LogP) is 1.65. The third-order valence-electron chi connectivity index (χ3n) is 2.59. The van der Waals surface area contributed by atoms with Crippen LogP contribution in [0.3, 0.4) is 0 Å². The van der Waals surface area contributed by atoms with Crippen molar-refractivity contribution < 1.29 is 21.2 Å². The van der Waals surface area contributed by atoms with E-state index >= 15 is 0 Å². The van der Waals surface area contributed by atoms with Gasteiger partial charge in [0.15, 0.2) is 0 Å². The molecule has 0 unspecified atom stereocenters. The molecule has 0 spiro atoms. The summed E-state index contributed by atoms with van der Waals surface area (Å²) in [4.78, 5) is -0.490. The fourth-order valence-corrected chi connectivity index (χ4v) is 3.49. The molecule has 0 atom stereocenters. The second-order valence-electron chi connectivity index (χ2n) is 5.95. The van der Waals surface area contributed by atoms with Gasteiger partial charge in [0.05, 0.1) is 16.3 Å². The predicted molar refractivity (Wildman–Crippen MR) is 79.3 cm³/mol. The van der Waals surface area contributed by atoms with Crippen LogP contribution in [0.15, 0.2) is 23.1 Å². The van der Waals surface area contributed by atoms with Crippen molar-refractivity contribution in [2.75, 3.05) is 10.5 Å². The van der Waals surface area contributed by atoms with Gasteiger partial charge in [-0.1, -0.05) is 20.8 Å². The van der Waals surface area contributed by atoms with Gasteiger partial charge in [-0.05, 0) is 30.0 Å². The smallest absolute Gasteiger partial charge is 0.238 e. The van der Waals surface area contributed by atoms with E-state index in [1.165, 1.54) is 0 Å². The molecule has 0 amide bonds. The number of sulfonamides is 2. The first-order valence-electron chi connectivity index (χ1n) is 6.12. The van der Waals surface area contributed by atoms with E-state index in [1.54, 1.807) is 0 Å². The molecule has 0 bridgehead atoms. The lowest BCUT2D eigenvalue weighted by Crippen LogP contribution is -2.21. The molecule has 1 rings (SSSR count). The van der Waals surface area contributed by atoms with Crippen molar-refractivity contribution in [1.82, 2.24) is 0 Å². The average molecular weight is 338 g/mol. The van der Waals surface area contributed by atoms with Gasteiger partial charge in [-0.2, -0.15) is 0 Å². The van der Waals surface area contributed by atoms with E-state index < -0.39 is 30.8 Å². The van der Waals surface area contributed by atoms with E-state index in [9.17, 15) is 21.2 Å². The maximum absolute atomic E-state index is 13.4.